The lowest BCUT2D eigenvalue weighted by molar-refractivity contribution is 0.619. The highest BCUT2D eigenvalue weighted by atomic mass is 35.5. The molecule has 4 heteroatoms. The van der Waals surface area contributed by atoms with Gasteiger partial charge in [0.15, 0.2) is 5.65 Å². The minimum atomic E-state index is -0.357. The van der Waals surface area contributed by atoms with Crippen molar-refractivity contribution in [2.45, 2.75) is 6.92 Å². The molecule has 0 aliphatic carbocycles. The van der Waals surface area contributed by atoms with Crippen molar-refractivity contribution in [1.82, 2.24) is 9.38 Å². The van der Waals surface area contributed by atoms with Gasteiger partial charge in [-0.15, -0.1) is 0 Å². The van der Waals surface area contributed by atoms with Crippen LogP contribution in [0.25, 0.3) is 5.65 Å². The Kier molecular flexibility index (Phi) is 1.54. The van der Waals surface area contributed by atoms with E-state index in [0.29, 0.717) is 10.7 Å². The average Bonchev–Trinajstić information content (AvgIpc) is 2.29. The lowest BCUT2D eigenvalue weighted by Gasteiger charge is -1.94. The first kappa shape index (κ1) is 7.55. The molecule has 0 saturated carbocycles. The minimum Gasteiger partial charge on any atom is -0.303 e. The molecule has 0 N–H and O–H groups in total. The Morgan fingerprint density at radius 3 is 3.00 bits per heavy atom. The molecule has 0 aromatic carbocycles. The molecule has 2 heterocycles. The topological polar surface area (TPSA) is 17.3 Å². The number of imidazole rings is 1. The zero-order valence-electron chi connectivity index (χ0n) is 6.38. The largest absolute Gasteiger partial charge is 0.303 e. The number of hydrogen-bond donors (Lipinski definition) is 0. The van der Waals surface area contributed by atoms with E-state index >= 15 is 0 Å². The zero-order chi connectivity index (χ0) is 8.72. The van der Waals surface area contributed by atoms with Crippen LogP contribution in [0.5, 0.6) is 0 Å². The summed E-state index contributed by atoms with van der Waals surface area (Å²) in [6.45, 7) is 1.83. The van der Waals surface area contributed by atoms with Gasteiger partial charge >= 0.3 is 0 Å². The molecule has 0 fully saturated rings. The smallest absolute Gasteiger partial charge is 0.156 e. The van der Waals surface area contributed by atoms with Gasteiger partial charge in [-0.2, -0.15) is 0 Å². The van der Waals surface area contributed by atoms with Crippen molar-refractivity contribution in [2.24, 2.45) is 0 Å². The monoisotopic (exact) mass is 184 g/mol. The zero-order valence-corrected chi connectivity index (χ0v) is 7.14. The Hall–Kier alpha value is -1.09. The van der Waals surface area contributed by atoms with Gasteiger partial charge in [-0.05, 0) is 13.0 Å². The molecule has 0 bridgehead atoms. The van der Waals surface area contributed by atoms with Gasteiger partial charge in [0, 0.05) is 12.4 Å². The third-order valence-electron chi connectivity index (χ3n) is 1.59. The molecule has 0 aliphatic heterocycles. The van der Waals surface area contributed by atoms with Crippen LogP contribution in [-0.2, 0) is 0 Å². The summed E-state index contributed by atoms with van der Waals surface area (Å²) in [6.07, 6.45) is 3.07. The van der Waals surface area contributed by atoms with Gasteiger partial charge in [-0.3, -0.25) is 0 Å². The first-order valence-corrected chi connectivity index (χ1v) is 3.85. The highest BCUT2D eigenvalue weighted by Crippen LogP contribution is 2.17. The van der Waals surface area contributed by atoms with Crippen LogP contribution in [-0.4, -0.2) is 9.38 Å². The molecular weight excluding hydrogens is 179 g/mol. The molecule has 0 aliphatic rings. The van der Waals surface area contributed by atoms with Crippen molar-refractivity contribution in [3.05, 3.63) is 35.0 Å². The van der Waals surface area contributed by atoms with Crippen molar-refractivity contribution in [2.75, 3.05) is 0 Å². The Labute approximate surface area is 73.6 Å². The minimum absolute atomic E-state index is 0.336. The summed E-state index contributed by atoms with van der Waals surface area (Å²) in [5.41, 5.74) is 1.41. The maximum absolute atomic E-state index is 12.8. The fourth-order valence-corrected chi connectivity index (χ4v) is 1.39. The second-order valence-electron chi connectivity index (χ2n) is 2.62. The molecule has 0 atom stereocenters. The van der Waals surface area contributed by atoms with E-state index in [4.69, 9.17) is 11.6 Å². The van der Waals surface area contributed by atoms with Gasteiger partial charge in [0.2, 0.25) is 0 Å². The van der Waals surface area contributed by atoms with Crippen molar-refractivity contribution in [1.29, 1.82) is 0 Å². The summed E-state index contributed by atoms with van der Waals surface area (Å²) in [4.78, 5) is 4.12. The van der Waals surface area contributed by atoms with Gasteiger partial charge in [-0.1, -0.05) is 11.6 Å². The van der Waals surface area contributed by atoms with Crippen LogP contribution >= 0.6 is 11.6 Å². The van der Waals surface area contributed by atoms with Crippen molar-refractivity contribution < 1.29 is 4.39 Å². The lowest BCUT2D eigenvalue weighted by Crippen LogP contribution is -1.86. The number of hydrogen-bond acceptors (Lipinski definition) is 1. The van der Waals surface area contributed by atoms with Crippen LogP contribution < -0.4 is 0 Å². The standard InChI is InChI=1S/C8H6ClFN2/c1-5-3-12-4-6(10)2-7(9)8(12)11-5/h2-4H,1H3. The molecule has 2 rings (SSSR count). The normalized spacial score (nSPS) is 10.9. The van der Waals surface area contributed by atoms with E-state index < -0.39 is 0 Å². The molecule has 12 heavy (non-hydrogen) atoms. The van der Waals surface area contributed by atoms with Crippen molar-refractivity contribution in [3.8, 4) is 0 Å². The molecule has 2 aromatic rings. The Bertz CT molecular complexity index is 436. The number of aryl methyl sites for hydroxylation is 1. The summed E-state index contributed by atoms with van der Waals surface area (Å²) in [7, 11) is 0. The summed E-state index contributed by atoms with van der Waals surface area (Å²) in [6, 6.07) is 1.25. The van der Waals surface area contributed by atoms with E-state index in [-0.39, 0.29) is 5.82 Å². The predicted molar refractivity (Wildman–Crippen MR) is 44.9 cm³/mol. The Morgan fingerprint density at radius 2 is 2.25 bits per heavy atom. The van der Waals surface area contributed by atoms with Crippen LogP contribution in [0.3, 0.4) is 0 Å². The van der Waals surface area contributed by atoms with Crippen LogP contribution in [0.15, 0.2) is 18.5 Å². The van der Waals surface area contributed by atoms with Gasteiger partial charge in [-0.25, -0.2) is 9.37 Å². The number of rotatable bonds is 0. The van der Waals surface area contributed by atoms with Crippen molar-refractivity contribution >= 4 is 17.2 Å². The van der Waals surface area contributed by atoms with Crippen LogP contribution in [0.4, 0.5) is 4.39 Å². The highest BCUT2D eigenvalue weighted by Gasteiger charge is 2.04. The maximum Gasteiger partial charge on any atom is 0.156 e. The van der Waals surface area contributed by atoms with E-state index in [0.717, 1.165) is 5.69 Å². The van der Waals surface area contributed by atoms with Gasteiger partial charge in [0.1, 0.15) is 5.82 Å². The summed E-state index contributed by atoms with van der Waals surface area (Å²) in [5.74, 6) is -0.357. The first-order valence-electron chi connectivity index (χ1n) is 3.47. The molecule has 0 spiro atoms. The summed E-state index contributed by atoms with van der Waals surface area (Å²) < 4.78 is 14.4. The van der Waals surface area contributed by atoms with Gasteiger partial charge in [0.05, 0.1) is 10.7 Å². The molecular formula is C8H6ClFN2. The predicted octanol–water partition coefficient (Wildman–Crippen LogP) is 2.44. The fourth-order valence-electron chi connectivity index (χ4n) is 1.15. The van der Waals surface area contributed by atoms with Crippen molar-refractivity contribution in [3.63, 3.8) is 0 Å². The van der Waals surface area contributed by atoms with E-state index in [9.17, 15) is 4.39 Å². The second-order valence-corrected chi connectivity index (χ2v) is 3.03. The third kappa shape index (κ3) is 1.06. The number of nitrogens with zero attached hydrogens (tertiary/aromatic N) is 2. The Morgan fingerprint density at radius 1 is 1.50 bits per heavy atom. The number of aromatic nitrogens is 2. The quantitative estimate of drug-likeness (QED) is 0.615. The summed E-state index contributed by atoms with van der Waals surface area (Å²) >= 11 is 5.75. The van der Waals surface area contributed by atoms with Crippen LogP contribution in [0.2, 0.25) is 5.02 Å². The van der Waals surface area contributed by atoms with E-state index in [1.807, 2.05) is 6.92 Å². The highest BCUT2D eigenvalue weighted by molar-refractivity contribution is 6.33. The maximum atomic E-state index is 12.8. The Balaban J connectivity index is 2.88. The lowest BCUT2D eigenvalue weighted by atomic mass is 10.4. The second kappa shape index (κ2) is 2.45. The van der Waals surface area contributed by atoms with E-state index in [2.05, 4.69) is 4.98 Å². The molecule has 2 nitrogen and oxygen atoms in total. The summed E-state index contributed by atoms with van der Waals surface area (Å²) in [5, 5.41) is 0.336. The van der Waals surface area contributed by atoms with Crippen LogP contribution in [0.1, 0.15) is 5.69 Å². The van der Waals surface area contributed by atoms with Crippen LogP contribution in [0, 0.1) is 12.7 Å². The molecule has 0 radical (unpaired) electrons. The number of halogens is 2. The number of fused-ring (bicyclic) bond motifs is 1. The molecule has 0 amide bonds. The first-order chi connectivity index (χ1) is 5.66. The third-order valence-corrected chi connectivity index (χ3v) is 1.87. The van der Waals surface area contributed by atoms with E-state index in [1.54, 1.807) is 10.6 Å². The van der Waals surface area contributed by atoms with Gasteiger partial charge < -0.3 is 4.40 Å². The SMILES string of the molecule is Cc1cn2cc(F)cc(Cl)c2n1. The fraction of sp³-hybridized carbons (Fsp3) is 0.125. The molecule has 0 unspecified atom stereocenters. The molecule has 2 aromatic heterocycles. The van der Waals surface area contributed by atoms with Gasteiger partial charge in [0.25, 0.3) is 0 Å². The number of pyridine rings is 1. The molecule has 0 saturated heterocycles. The molecule has 62 valence electrons. The van der Waals surface area contributed by atoms with E-state index in [1.165, 1.54) is 12.3 Å². The average molecular weight is 185 g/mol.